The van der Waals surface area contributed by atoms with Gasteiger partial charge in [-0.25, -0.2) is 0 Å². The van der Waals surface area contributed by atoms with Crippen molar-refractivity contribution >= 4 is 22.8 Å². The van der Waals surface area contributed by atoms with E-state index in [1.54, 1.807) is 48.5 Å². The van der Waals surface area contributed by atoms with Crippen LogP contribution >= 0.6 is 0 Å². The van der Waals surface area contributed by atoms with Crippen LogP contribution in [0.4, 0.5) is 13.2 Å². The third kappa shape index (κ3) is 1.60. The molecule has 0 saturated heterocycles. The molecule has 17 heavy (non-hydrogen) atoms. The van der Waals surface area contributed by atoms with E-state index in [2.05, 4.69) is 0 Å². The second-order valence-corrected chi connectivity index (χ2v) is 7.85. The van der Waals surface area contributed by atoms with Crippen LogP contribution < -0.4 is 8.92 Å². The minimum atomic E-state index is -4.11. The molecule has 4 heteroatoms. The van der Waals surface area contributed by atoms with E-state index < -0.39 is 19.0 Å². The van der Waals surface area contributed by atoms with Crippen LogP contribution in [0.15, 0.2) is 48.5 Å². The van der Waals surface area contributed by atoms with E-state index in [0.29, 0.717) is 8.92 Å². The normalized spacial score (nSPS) is 14.5. The molecule has 2 aromatic rings. The Morgan fingerprint density at radius 1 is 0.706 bits per heavy atom. The Morgan fingerprint density at radius 3 is 1.53 bits per heavy atom. The van der Waals surface area contributed by atoms with Gasteiger partial charge in [0.25, 0.3) is 0 Å². The van der Waals surface area contributed by atoms with Gasteiger partial charge in [0.1, 0.15) is 0 Å². The first-order valence-corrected chi connectivity index (χ1v) is 7.65. The summed E-state index contributed by atoms with van der Waals surface area (Å²) in [7, 11) is 0. The van der Waals surface area contributed by atoms with Gasteiger partial charge >= 0.3 is 101 Å². The van der Waals surface area contributed by atoms with Crippen molar-refractivity contribution in [2.45, 2.75) is 5.07 Å². The number of fused-ring (bicyclic) bond motifs is 3. The van der Waals surface area contributed by atoms with Crippen LogP contribution in [-0.4, -0.2) is 19.0 Å². The Morgan fingerprint density at radius 2 is 1.12 bits per heavy atom. The van der Waals surface area contributed by atoms with E-state index in [0.717, 1.165) is 11.1 Å². The van der Waals surface area contributed by atoms with Gasteiger partial charge in [0, 0.05) is 0 Å². The molecule has 0 N–H and O–H groups in total. The third-order valence-electron chi connectivity index (χ3n) is 2.74. The Bertz CT molecular complexity index is 529. The predicted molar refractivity (Wildman–Crippen MR) is 63.0 cm³/mol. The summed E-state index contributed by atoms with van der Waals surface area (Å²) in [5.41, 5.74) is 1.51. The van der Waals surface area contributed by atoms with Gasteiger partial charge in [-0.05, 0) is 0 Å². The first-order chi connectivity index (χ1) is 8.09. The summed E-state index contributed by atoms with van der Waals surface area (Å²) >= 11 is -2.91. The molecular formula is C13H8F3Se. The van der Waals surface area contributed by atoms with Gasteiger partial charge in [-0.1, -0.05) is 0 Å². The van der Waals surface area contributed by atoms with Gasteiger partial charge in [0.15, 0.2) is 0 Å². The van der Waals surface area contributed by atoms with Crippen molar-refractivity contribution in [3.8, 4) is 11.1 Å². The molecule has 3 rings (SSSR count). The fraction of sp³-hybridized carbons (Fsp3) is 0.0769. The van der Waals surface area contributed by atoms with Crippen molar-refractivity contribution in [3.63, 3.8) is 0 Å². The molecule has 0 atom stereocenters. The second kappa shape index (κ2) is 3.62. The Labute approximate surface area is 101 Å². The molecule has 87 valence electrons. The first-order valence-electron chi connectivity index (χ1n) is 5.08. The van der Waals surface area contributed by atoms with E-state index in [9.17, 15) is 13.2 Å². The van der Waals surface area contributed by atoms with Crippen molar-refractivity contribution in [2.24, 2.45) is 0 Å². The zero-order valence-corrected chi connectivity index (χ0v) is 10.4. The van der Waals surface area contributed by atoms with Crippen molar-refractivity contribution < 1.29 is 13.2 Å². The maximum absolute atomic E-state index is 13.2. The zero-order chi connectivity index (χ0) is 12.0. The number of hydrogen-bond donors (Lipinski definition) is 0. The topological polar surface area (TPSA) is 0 Å². The van der Waals surface area contributed by atoms with Gasteiger partial charge in [-0.3, -0.25) is 0 Å². The monoisotopic (exact) mass is 301 g/mol. The third-order valence-corrected chi connectivity index (χ3v) is 7.05. The van der Waals surface area contributed by atoms with Crippen molar-refractivity contribution in [3.05, 3.63) is 48.5 Å². The molecule has 0 aromatic heterocycles. The average molecular weight is 300 g/mol. The molecule has 2 aromatic carbocycles. The molecule has 0 spiro atoms. The summed E-state index contributed by atoms with van der Waals surface area (Å²) in [6.45, 7) is 0. The SMILES string of the molecule is FC(F)(F)[Se]1c2ccccc2-c2ccccc21. The molecule has 0 saturated carbocycles. The van der Waals surface area contributed by atoms with E-state index in [4.69, 9.17) is 0 Å². The van der Waals surface area contributed by atoms with Gasteiger partial charge in [-0.15, -0.1) is 0 Å². The average Bonchev–Trinajstić information content (AvgIpc) is 2.63. The van der Waals surface area contributed by atoms with E-state index >= 15 is 0 Å². The maximum atomic E-state index is 13.2. The minimum absolute atomic E-state index is 0.487. The number of hydrogen-bond acceptors (Lipinski definition) is 0. The molecule has 0 aliphatic carbocycles. The summed E-state index contributed by atoms with van der Waals surface area (Å²) in [6.07, 6.45) is 0. The molecule has 1 heterocycles. The fourth-order valence-electron chi connectivity index (χ4n) is 2.10. The van der Waals surface area contributed by atoms with Crippen LogP contribution in [0.2, 0.25) is 0 Å². The molecule has 0 bridgehead atoms. The Balaban J connectivity index is 2.31. The Hall–Kier alpha value is -1.25. The van der Waals surface area contributed by atoms with Gasteiger partial charge in [0.05, 0.1) is 0 Å². The molecule has 0 nitrogen and oxygen atoms in total. The van der Waals surface area contributed by atoms with E-state index in [1.807, 2.05) is 0 Å². The fourth-order valence-corrected chi connectivity index (χ4v) is 6.22. The quantitative estimate of drug-likeness (QED) is 0.655. The zero-order valence-electron chi connectivity index (χ0n) is 8.66. The molecule has 0 fully saturated rings. The number of benzene rings is 2. The van der Waals surface area contributed by atoms with Crippen LogP contribution in [0.5, 0.6) is 0 Å². The number of halogens is 3. The summed E-state index contributed by atoms with van der Waals surface area (Å²) < 4.78 is 40.5. The summed E-state index contributed by atoms with van der Waals surface area (Å²) in [4.78, 5) is 0. The summed E-state index contributed by atoms with van der Waals surface area (Å²) in [6, 6.07) is 13.8. The van der Waals surface area contributed by atoms with Gasteiger partial charge in [-0.2, -0.15) is 0 Å². The van der Waals surface area contributed by atoms with Crippen LogP contribution in [-0.2, 0) is 0 Å². The van der Waals surface area contributed by atoms with Crippen LogP contribution in [0.1, 0.15) is 0 Å². The first kappa shape index (κ1) is 10.9. The second-order valence-electron chi connectivity index (χ2n) is 3.74. The molecule has 1 aliphatic rings. The van der Waals surface area contributed by atoms with E-state index in [1.165, 1.54) is 0 Å². The van der Waals surface area contributed by atoms with Crippen LogP contribution in [0.3, 0.4) is 0 Å². The molecule has 0 amide bonds. The van der Waals surface area contributed by atoms with Crippen molar-refractivity contribution in [1.29, 1.82) is 0 Å². The van der Waals surface area contributed by atoms with Crippen molar-refractivity contribution in [2.75, 3.05) is 0 Å². The standard InChI is InChI=1S/C13H8F3Se/c14-13(15,16)17-11-7-3-1-5-9(11)10-6-2-4-8-12(10)17/h1-8H. The van der Waals surface area contributed by atoms with Crippen molar-refractivity contribution in [1.82, 2.24) is 0 Å². The number of alkyl halides is 3. The summed E-state index contributed by atoms with van der Waals surface area (Å²) in [5.74, 6) is 0. The molecular weight excluding hydrogens is 292 g/mol. The van der Waals surface area contributed by atoms with E-state index in [-0.39, 0.29) is 0 Å². The molecule has 0 unspecified atom stereocenters. The van der Waals surface area contributed by atoms with Crippen LogP contribution in [0, 0.1) is 0 Å². The Kier molecular flexibility index (Phi) is 2.32. The molecule has 1 radical (unpaired) electrons. The molecule has 1 aliphatic heterocycles. The summed E-state index contributed by atoms with van der Waals surface area (Å²) in [5, 5.41) is -4.11. The van der Waals surface area contributed by atoms with Gasteiger partial charge < -0.3 is 0 Å². The van der Waals surface area contributed by atoms with Crippen LogP contribution in [0.25, 0.3) is 11.1 Å². The van der Waals surface area contributed by atoms with Gasteiger partial charge in [0.2, 0.25) is 0 Å². The number of rotatable bonds is 0. The predicted octanol–water partition coefficient (Wildman–Crippen LogP) is 2.38.